The molecule has 2 rings (SSSR count). The van der Waals surface area contributed by atoms with Crippen molar-refractivity contribution in [2.75, 3.05) is 13.2 Å². The zero-order valence-corrected chi connectivity index (χ0v) is 13.2. The highest BCUT2D eigenvalue weighted by atomic mass is 32.2. The fourth-order valence-electron chi connectivity index (χ4n) is 2.28. The van der Waals surface area contributed by atoms with Gasteiger partial charge in [-0.05, 0) is 23.7 Å². The molecule has 108 valence electrons. The molecule has 0 aromatic rings. The van der Waals surface area contributed by atoms with Gasteiger partial charge in [-0.25, -0.2) is 0 Å². The van der Waals surface area contributed by atoms with Crippen LogP contribution in [0.4, 0.5) is 0 Å². The van der Waals surface area contributed by atoms with Crippen LogP contribution in [0.3, 0.4) is 0 Å². The van der Waals surface area contributed by atoms with E-state index in [2.05, 4.69) is 27.0 Å². The summed E-state index contributed by atoms with van der Waals surface area (Å²) in [4.78, 5) is -0.723. The number of thioether (sulfide) groups is 2. The minimum atomic E-state index is -0.361. The van der Waals surface area contributed by atoms with Gasteiger partial charge in [0.1, 0.15) is 22.1 Å². The van der Waals surface area contributed by atoms with Gasteiger partial charge in [-0.15, -0.1) is 0 Å². The molecule has 0 amide bonds. The van der Waals surface area contributed by atoms with Crippen LogP contribution in [0.15, 0.2) is 24.0 Å². The van der Waals surface area contributed by atoms with Gasteiger partial charge >= 0.3 is 0 Å². The van der Waals surface area contributed by atoms with Crippen molar-refractivity contribution in [2.45, 2.75) is 48.8 Å². The summed E-state index contributed by atoms with van der Waals surface area (Å²) in [6.07, 6.45) is 2.05. The normalized spacial score (nSPS) is 31.1. The van der Waals surface area contributed by atoms with Crippen molar-refractivity contribution in [3.8, 4) is 0 Å². The third kappa shape index (κ3) is 3.22. The fourth-order valence-corrected chi connectivity index (χ4v) is 4.20. The van der Waals surface area contributed by atoms with Crippen LogP contribution in [0.2, 0.25) is 0 Å². The SMILES string of the molecule is C=CSC(CC)(OC(CC)(SC=C)C1CO1)C1CO1. The molecular formula is C14H22O3S2. The lowest BCUT2D eigenvalue weighted by molar-refractivity contribution is -0.0826. The number of ether oxygens (including phenoxy) is 3. The highest BCUT2D eigenvalue weighted by Crippen LogP contribution is 2.51. The van der Waals surface area contributed by atoms with Crippen LogP contribution in [0.25, 0.3) is 0 Å². The molecule has 0 spiro atoms. The summed E-state index contributed by atoms with van der Waals surface area (Å²) >= 11 is 3.24. The second-order valence-corrected chi connectivity index (χ2v) is 7.17. The minimum absolute atomic E-state index is 0.149. The molecule has 0 bridgehead atoms. The second kappa shape index (κ2) is 6.22. The molecule has 0 aromatic heterocycles. The molecule has 0 radical (unpaired) electrons. The molecule has 4 unspecified atom stereocenters. The Kier molecular flexibility index (Phi) is 5.06. The van der Waals surface area contributed by atoms with E-state index >= 15 is 0 Å². The molecule has 2 aliphatic heterocycles. The first-order valence-electron chi connectivity index (χ1n) is 6.67. The molecule has 0 saturated carbocycles. The van der Waals surface area contributed by atoms with E-state index < -0.39 is 0 Å². The van der Waals surface area contributed by atoms with E-state index in [1.807, 2.05) is 10.8 Å². The molecule has 4 atom stereocenters. The highest BCUT2D eigenvalue weighted by Gasteiger charge is 2.56. The molecule has 0 N–H and O–H groups in total. The van der Waals surface area contributed by atoms with Crippen LogP contribution >= 0.6 is 23.5 Å². The number of hydrogen-bond acceptors (Lipinski definition) is 5. The lowest BCUT2D eigenvalue weighted by Crippen LogP contribution is -2.46. The summed E-state index contributed by atoms with van der Waals surface area (Å²) in [5.74, 6) is 0. The van der Waals surface area contributed by atoms with Crippen molar-refractivity contribution < 1.29 is 14.2 Å². The Bertz CT molecular complexity index is 310. The van der Waals surface area contributed by atoms with Gasteiger partial charge in [-0.3, -0.25) is 0 Å². The quantitative estimate of drug-likeness (QED) is 0.453. The Balaban J connectivity index is 2.20. The summed E-state index contributed by atoms with van der Waals surface area (Å²) < 4.78 is 17.6. The first-order valence-corrected chi connectivity index (χ1v) is 8.43. The summed E-state index contributed by atoms with van der Waals surface area (Å²) in [6, 6.07) is 0. The van der Waals surface area contributed by atoms with Crippen LogP contribution in [-0.2, 0) is 14.2 Å². The first-order chi connectivity index (χ1) is 9.16. The van der Waals surface area contributed by atoms with Crippen molar-refractivity contribution in [3.63, 3.8) is 0 Å². The summed E-state index contributed by atoms with van der Waals surface area (Å²) in [6.45, 7) is 13.5. The summed E-state index contributed by atoms with van der Waals surface area (Å²) in [7, 11) is 0. The maximum Gasteiger partial charge on any atom is 0.147 e. The minimum Gasteiger partial charge on any atom is -0.369 e. The van der Waals surface area contributed by atoms with E-state index in [9.17, 15) is 0 Å². The zero-order valence-electron chi connectivity index (χ0n) is 11.6. The zero-order chi connectivity index (χ0) is 13.9. The summed E-state index contributed by atoms with van der Waals surface area (Å²) in [5.41, 5.74) is 0. The number of rotatable bonds is 10. The Hall–Kier alpha value is 0.0600. The van der Waals surface area contributed by atoms with Gasteiger partial charge in [-0.2, -0.15) is 0 Å². The van der Waals surface area contributed by atoms with Crippen molar-refractivity contribution in [1.29, 1.82) is 0 Å². The van der Waals surface area contributed by atoms with Crippen LogP contribution in [-0.4, -0.2) is 35.3 Å². The Morgan fingerprint density at radius 1 is 1.05 bits per heavy atom. The monoisotopic (exact) mass is 302 g/mol. The van der Waals surface area contributed by atoms with Crippen molar-refractivity contribution >= 4 is 23.5 Å². The second-order valence-electron chi connectivity index (χ2n) is 4.65. The third-order valence-corrected chi connectivity index (χ3v) is 5.95. The Morgan fingerprint density at radius 2 is 1.42 bits per heavy atom. The topological polar surface area (TPSA) is 34.3 Å². The molecule has 2 fully saturated rings. The van der Waals surface area contributed by atoms with Crippen LogP contribution in [0.1, 0.15) is 26.7 Å². The smallest absolute Gasteiger partial charge is 0.147 e. The van der Waals surface area contributed by atoms with E-state index in [1.165, 1.54) is 0 Å². The van der Waals surface area contributed by atoms with Gasteiger partial charge in [-0.1, -0.05) is 50.5 Å². The van der Waals surface area contributed by atoms with Gasteiger partial charge in [0.15, 0.2) is 0 Å². The maximum absolute atomic E-state index is 6.59. The predicted molar refractivity (Wildman–Crippen MR) is 82.2 cm³/mol. The first kappa shape index (κ1) is 15.4. The third-order valence-electron chi connectivity index (χ3n) is 3.54. The molecule has 3 nitrogen and oxygen atoms in total. The largest absolute Gasteiger partial charge is 0.369 e. The number of epoxide rings is 2. The van der Waals surface area contributed by atoms with Gasteiger partial charge in [0.25, 0.3) is 0 Å². The lowest BCUT2D eigenvalue weighted by atomic mass is 10.1. The summed E-state index contributed by atoms with van der Waals surface area (Å²) in [5, 5.41) is 3.69. The van der Waals surface area contributed by atoms with Crippen molar-refractivity contribution in [3.05, 3.63) is 24.0 Å². The Morgan fingerprint density at radius 3 is 1.63 bits per heavy atom. The van der Waals surface area contributed by atoms with Gasteiger partial charge < -0.3 is 14.2 Å². The van der Waals surface area contributed by atoms with Crippen LogP contribution < -0.4 is 0 Å². The van der Waals surface area contributed by atoms with E-state index in [1.54, 1.807) is 23.5 Å². The molecule has 2 aliphatic rings. The van der Waals surface area contributed by atoms with Crippen molar-refractivity contribution in [1.82, 2.24) is 0 Å². The predicted octanol–water partition coefficient (Wildman–Crippen LogP) is 3.77. The average Bonchev–Trinajstić information content (AvgIpc) is 3.29. The molecular weight excluding hydrogens is 280 g/mol. The van der Waals surface area contributed by atoms with E-state index in [4.69, 9.17) is 14.2 Å². The molecule has 2 saturated heterocycles. The Labute approximate surface area is 124 Å². The van der Waals surface area contributed by atoms with Crippen molar-refractivity contribution in [2.24, 2.45) is 0 Å². The average molecular weight is 302 g/mol. The van der Waals surface area contributed by atoms with E-state index in [0.29, 0.717) is 0 Å². The lowest BCUT2D eigenvalue weighted by Gasteiger charge is -2.40. The van der Waals surface area contributed by atoms with Crippen LogP contribution in [0, 0.1) is 0 Å². The molecule has 0 aromatic carbocycles. The fraction of sp³-hybridized carbons (Fsp3) is 0.714. The number of hydrogen-bond donors (Lipinski definition) is 0. The molecule has 19 heavy (non-hydrogen) atoms. The maximum atomic E-state index is 6.59. The van der Waals surface area contributed by atoms with E-state index in [-0.39, 0.29) is 22.1 Å². The standard InChI is InChI=1S/C14H22O3S2/c1-5-13(18-7-3,11-9-15-11)17-14(6-2,19-8-4)12-10-16-12/h7-8,11-12H,3-6,9-10H2,1-2H3. The highest BCUT2D eigenvalue weighted by molar-refractivity contribution is 8.04. The molecule has 2 heterocycles. The van der Waals surface area contributed by atoms with Crippen LogP contribution in [0.5, 0.6) is 0 Å². The van der Waals surface area contributed by atoms with Gasteiger partial charge in [0.2, 0.25) is 0 Å². The van der Waals surface area contributed by atoms with Gasteiger partial charge in [0, 0.05) is 0 Å². The molecule has 0 aliphatic carbocycles. The van der Waals surface area contributed by atoms with Gasteiger partial charge in [0.05, 0.1) is 13.2 Å². The van der Waals surface area contributed by atoms with E-state index in [0.717, 1.165) is 26.1 Å². The molecule has 5 heteroatoms.